The average Bonchev–Trinajstić information content (AvgIpc) is 2.46. The molecular formula is C17H19N3O. The normalized spacial score (nSPS) is 29.6. The fourth-order valence-corrected chi connectivity index (χ4v) is 4.06. The highest BCUT2D eigenvalue weighted by Crippen LogP contribution is 2.48. The second-order valence-corrected chi connectivity index (χ2v) is 6.28. The van der Waals surface area contributed by atoms with Crippen molar-refractivity contribution in [1.82, 2.24) is 0 Å². The van der Waals surface area contributed by atoms with Gasteiger partial charge in [-0.3, -0.25) is 4.79 Å². The van der Waals surface area contributed by atoms with E-state index >= 15 is 0 Å². The lowest BCUT2D eigenvalue weighted by atomic mass is 9.62. The molecule has 4 atom stereocenters. The van der Waals surface area contributed by atoms with Crippen LogP contribution in [0.3, 0.4) is 0 Å². The zero-order valence-electron chi connectivity index (χ0n) is 12.0. The number of benzene rings is 1. The average molecular weight is 281 g/mol. The van der Waals surface area contributed by atoms with Crippen LogP contribution in [0.25, 0.3) is 10.4 Å². The molecule has 0 amide bonds. The van der Waals surface area contributed by atoms with Crippen molar-refractivity contribution in [2.75, 3.05) is 0 Å². The lowest BCUT2D eigenvalue weighted by molar-refractivity contribution is -0.130. The Morgan fingerprint density at radius 2 is 2.00 bits per heavy atom. The van der Waals surface area contributed by atoms with Gasteiger partial charge in [-0.05, 0) is 42.2 Å². The van der Waals surface area contributed by atoms with Gasteiger partial charge in [0.1, 0.15) is 5.78 Å². The summed E-state index contributed by atoms with van der Waals surface area (Å²) in [5, 5.41) is 3.97. The molecule has 2 saturated carbocycles. The number of carbonyl (C=O) groups excluding carboxylic acids is 1. The number of azide groups is 1. The van der Waals surface area contributed by atoms with Gasteiger partial charge in [0.15, 0.2) is 0 Å². The van der Waals surface area contributed by atoms with Gasteiger partial charge in [0.25, 0.3) is 0 Å². The SMILES string of the molecule is C=C1CC2C[C@@H](C1)CC(=O)[C@H]2[C@@H](N=[N+]=[N-])c1ccccc1. The molecule has 0 spiro atoms. The van der Waals surface area contributed by atoms with Crippen molar-refractivity contribution in [3.05, 3.63) is 58.5 Å². The second kappa shape index (κ2) is 5.74. The molecular weight excluding hydrogens is 262 g/mol. The molecule has 21 heavy (non-hydrogen) atoms. The van der Waals surface area contributed by atoms with Gasteiger partial charge < -0.3 is 0 Å². The summed E-state index contributed by atoms with van der Waals surface area (Å²) in [5.41, 5.74) is 11.1. The fraction of sp³-hybridized carbons (Fsp3) is 0.471. The molecule has 0 heterocycles. The Bertz CT molecular complexity index is 604. The van der Waals surface area contributed by atoms with E-state index in [4.69, 9.17) is 5.53 Å². The van der Waals surface area contributed by atoms with E-state index in [1.165, 1.54) is 5.57 Å². The minimum Gasteiger partial charge on any atom is -0.299 e. The molecule has 1 aromatic carbocycles. The van der Waals surface area contributed by atoms with Gasteiger partial charge in [-0.25, -0.2) is 0 Å². The number of fused-ring (bicyclic) bond motifs is 2. The standard InChI is InChI=1S/C17H19N3O/c1-11-7-12-9-14(8-11)16(15(21)10-12)17(19-20-18)13-5-3-2-4-6-13/h2-6,12,14,16-17H,1,7-10H2/t12-,14?,16+,17+/m1/s1. The van der Waals surface area contributed by atoms with Crippen LogP contribution >= 0.6 is 0 Å². The van der Waals surface area contributed by atoms with Gasteiger partial charge in [-0.15, -0.1) is 0 Å². The van der Waals surface area contributed by atoms with Crippen molar-refractivity contribution in [2.24, 2.45) is 22.9 Å². The Labute approximate surface area is 124 Å². The summed E-state index contributed by atoms with van der Waals surface area (Å²) in [5.74, 6) is 0.775. The number of hydrogen-bond donors (Lipinski definition) is 0. The van der Waals surface area contributed by atoms with E-state index in [-0.39, 0.29) is 23.7 Å². The molecule has 2 aliphatic rings. The lowest BCUT2D eigenvalue weighted by Gasteiger charge is -2.42. The van der Waals surface area contributed by atoms with Crippen LogP contribution in [0.5, 0.6) is 0 Å². The van der Waals surface area contributed by atoms with Crippen molar-refractivity contribution in [3.8, 4) is 0 Å². The Morgan fingerprint density at radius 1 is 1.24 bits per heavy atom. The van der Waals surface area contributed by atoms with Crippen LogP contribution in [0.4, 0.5) is 0 Å². The number of nitrogens with zero attached hydrogens (tertiary/aromatic N) is 3. The molecule has 4 nitrogen and oxygen atoms in total. The Balaban J connectivity index is 1.96. The van der Waals surface area contributed by atoms with E-state index in [0.29, 0.717) is 12.3 Å². The van der Waals surface area contributed by atoms with Gasteiger partial charge in [0.05, 0.1) is 6.04 Å². The zero-order chi connectivity index (χ0) is 14.8. The molecule has 0 aliphatic heterocycles. The van der Waals surface area contributed by atoms with Gasteiger partial charge in [0, 0.05) is 17.3 Å². The number of ketones is 1. The van der Waals surface area contributed by atoms with Crippen molar-refractivity contribution < 1.29 is 4.79 Å². The summed E-state index contributed by atoms with van der Waals surface area (Å²) >= 11 is 0. The molecule has 1 unspecified atom stereocenters. The first-order valence-corrected chi connectivity index (χ1v) is 7.47. The minimum atomic E-state index is -0.388. The molecule has 108 valence electrons. The van der Waals surface area contributed by atoms with Crippen LogP contribution in [0.1, 0.15) is 37.3 Å². The molecule has 0 N–H and O–H groups in total. The Morgan fingerprint density at radius 3 is 2.71 bits per heavy atom. The van der Waals surface area contributed by atoms with E-state index in [9.17, 15) is 4.79 Å². The largest absolute Gasteiger partial charge is 0.299 e. The van der Waals surface area contributed by atoms with E-state index in [1.54, 1.807) is 0 Å². The van der Waals surface area contributed by atoms with Crippen LogP contribution in [-0.2, 0) is 4.79 Å². The molecule has 0 radical (unpaired) electrons. The number of Topliss-reactive ketones (excluding diaryl/α,β-unsaturated/α-hetero) is 1. The lowest BCUT2D eigenvalue weighted by Crippen LogP contribution is -2.39. The highest BCUT2D eigenvalue weighted by atomic mass is 16.1. The van der Waals surface area contributed by atoms with Crippen LogP contribution in [0.2, 0.25) is 0 Å². The molecule has 0 saturated heterocycles. The summed E-state index contributed by atoms with van der Waals surface area (Å²) in [6.45, 7) is 4.12. The maximum Gasteiger partial charge on any atom is 0.137 e. The highest BCUT2D eigenvalue weighted by Gasteiger charge is 2.43. The van der Waals surface area contributed by atoms with Crippen molar-refractivity contribution in [1.29, 1.82) is 0 Å². The van der Waals surface area contributed by atoms with Crippen LogP contribution < -0.4 is 0 Å². The first-order chi connectivity index (χ1) is 10.2. The van der Waals surface area contributed by atoms with Gasteiger partial charge in [-0.1, -0.05) is 47.6 Å². The highest BCUT2D eigenvalue weighted by molar-refractivity contribution is 5.83. The van der Waals surface area contributed by atoms with Crippen molar-refractivity contribution in [3.63, 3.8) is 0 Å². The summed E-state index contributed by atoms with van der Waals surface area (Å²) in [6.07, 6.45) is 3.52. The predicted octanol–water partition coefficient (Wildman–Crippen LogP) is 4.60. The number of allylic oxidation sites excluding steroid dienone is 1. The van der Waals surface area contributed by atoms with Gasteiger partial charge in [-0.2, -0.15) is 0 Å². The smallest absolute Gasteiger partial charge is 0.137 e. The number of rotatable bonds is 3. The topological polar surface area (TPSA) is 65.8 Å². The summed E-state index contributed by atoms with van der Waals surface area (Å²) in [4.78, 5) is 15.6. The third-order valence-corrected chi connectivity index (χ3v) is 4.79. The van der Waals surface area contributed by atoms with Gasteiger partial charge in [0.2, 0.25) is 0 Å². The van der Waals surface area contributed by atoms with Crippen LogP contribution in [-0.4, -0.2) is 5.78 Å². The Hall–Kier alpha value is -2.06. The van der Waals surface area contributed by atoms with Crippen LogP contribution in [0.15, 0.2) is 47.6 Å². The van der Waals surface area contributed by atoms with Crippen molar-refractivity contribution >= 4 is 5.78 Å². The quantitative estimate of drug-likeness (QED) is 0.345. The fourth-order valence-electron chi connectivity index (χ4n) is 4.06. The molecule has 0 aromatic heterocycles. The first kappa shape index (κ1) is 13.9. The monoisotopic (exact) mass is 281 g/mol. The summed E-state index contributed by atoms with van der Waals surface area (Å²) < 4.78 is 0. The third-order valence-electron chi connectivity index (χ3n) is 4.79. The number of carbonyl (C=O) groups is 1. The van der Waals surface area contributed by atoms with Gasteiger partial charge >= 0.3 is 0 Å². The minimum absolute atomic E-state index is 0.198. The number of hydrogen-bond acceptors (Lipinski definition) is 2. The maximum atomic E-state index is 12.6. The second-order valence-electron chi connectivity index (χ2n) is 6.28. The maximum absolute atomic E-state index is 12.6. The molecule has 2 aliphatic carbocycles. The molecule has 2 bridgehead atoms. The first-order valence-electron chi connectivity index (χ1n) is 7.47. The van der Waals surface area contributed by atoms with E-state index < -0.39 is 0 Å². The molecule has 3 rings (SSSR count). The molecule has 1 aromatic rings. The molecule has 2 fully saturated rings. The predicted molar refractivity (Wildman–Crippen MR) is 81.4 cm³/mol. The van der Waals surface area contributed by atoms with Crippen LogP contribution in [0, 0.1) is 17.8 Å². The zero-order valence-corrected chi connectivity index (χ0v) is 12.0. The van der Waals surface area contributed by atoms with E-state index in [0.717, 1.165) is 24.8 Å². The Kier molecular flexibility index (Phi) is 3.80. The van der Waals surface area contributed by atoms with Crippen molar-refractivity contribution in [2.45, 2.75) is 31.7 Å². The summed E-state index contributed by atoms with van der Waals surface area (Å²) in [7, 11) is 0. The molecule has 4 heteroatoms. The van der Waals surface area contributed by atoms with E-state index in [2.05, 4.69) is 16.6 Å². The summed E-state index contributed by atoms with van der Waals surface area (Å²) in [6, 6.07) is 9.27. The van der Waals surface area contributed by atoms with E-state index in [1.807, 2.05) is 30.3 Å². The third kappa shape index (κ3) is 2.72.